The molecule has 1 N–H and O–H groups in total. The van der Waals surface area contributed by atoms with E-state index in [1.165, 1.54) is 30.9 Å². The molecule has 0 bridgehead atoms. The summed E-state index contributed by atoms with van der Waals surface area (Å²) >= 11 is 0. The predicted molar refractivity (Wildman–Crippen MR) is 112 cm³/mol. The van der Waals surface area contributed by atoms with Gasteiger partial charge >= 0.3 is 0 Å². The van der Waals surface area contributed by atoms with Crippen LogP contribution in [-0.4, -0.2) is 13.0 Å². The molecule has 1 atom stereocenters. The molecule has 3 nitrogen and oxygen atoms in total. The Kier molecular flexibility index (Phi) is 8.06. The highest BCUT2D eigenvalue weighted by atomic mass is 32.2. The van der Waals surface area contributed by atoms with E-state index in [-0.39, 0.29) is 10.3 Å². The van der Waals surface area contributed by atoms with Crippen molar-refractivity contribution in [2.45, 2.75) is 75.5 Å². The first-order valence-electron chi connectivity index (χ1n) is 10.0. The van der Waals surface area contributed by atoms with Gasteiger partial charge in [-0.15, -0.1) is 0 Å². The molecule has 27 heavy (non-hydrogen) atoms. The molecule has 0 saturated heterocycles. The zero-order valence-electron chi connectivity index (χ0n) is 16.5. The molecule has 2 aromatic rings. The first kappa shape index (κ1) is 21.6. The van der Waals surface area contributed by atoms with E-state index in [0.717, 1.165) is 25.7 Å². The topological polar surface area (TPSA) is 54.4 Å². The zero-order chi connectivity index (χ0) is 19.8. The SMILES string of the molecule is CCCCCCC(CCC)(Cc1ccccc1S(=O)(=O)O)c1ccccc1. The van der Waals surface area contributed by atoms with Gasteiger partial charge in [0.1, 0.15) is 0 Å². The van der Waals surface area contributed by atoms with Crippen LogP contribution in [0, 0.1) is 0 Å². The van der Waals surface area contributed by atoms with Crippen molar-refractivity contribution in [3.8, 4) is 0 Å². The van der Waals surface area contributed by atoms with E-state index < -0.39 is 10.1 Å². The third kappa shape index (κ3) is 5.91. The largest absolute Gasteiger partial charge is 0.294 e. The van der Waals surface area contributed by atoms with E-state index in [0.29, 0.717) is 12.0 Å². The fourth-order valence-corrected chi connectivity index (χ4v) is 4.84. The maximum Gasteiger partial charge on any atom is 0.294 e. The molecule has 4 heteroatoms. The Morgan fingerprint density at radius 2 is 1.48 bits per heavy atom. The monoisotopic (exact) mass is 388 g/mol. The van der Waals surface area contributed by atoms with Crippen LogP contribution in [0.2, 0.25) is 0 Å². The first-order valence-corrected chi connectivity index (χ1v) is 11.5. The Morgan fingerprint density at radius 1 is 0.815 bits per heavy atom. The second-order valence-corrected chi connectivity index (χ2v) is 8.86. The van der Waals surface area contributed by atoms with Crippen molar-refractivity contribution in [1.29, 1.82) is 0 Å². The summed E-state index contributed by atoms with van der Waals surface area (Å²) in [5.41, 5.74) is 1.84. The summed E-state index contributed by atoms with van der Waals surface area (Å²) < 4.78 is 33.5. The number of unbranched alkanes of at least 4 members (excludes halogenated alkanes) is 3. The van der Waals surface area contributed by atoms with E-state index in [4.69, 9.17) is 0 Å². The van der Waals surface area contributed by atoms with Gasteiger partial charge in [-0.25, -0.2) is 0 Å². The lowest BCUT2D eigenvalue weighted by Gasteiger charge is -2.35. The molecule has 1 unspecified atom stereocenters. The number of hydrogen-bond acceptors (Lipinski definition) is 2. The average molecular weight is 389 g/mol. The maximum absolute atomic E-state index is 11.9. The lowest BCUT2D eigenvalue weighted by Crippen LogP contribution is -2.30. The second-order valence-electron chi connectivity index (χ2n) is 7.47. The number of hydrogen-bond donors (Lipinski definition) is 1. The highest BCUT2D eigenvalue weighted by molar-refractivity contribution is 7.85. The van der Waals surface area contributed by atoms with Crippen molar-refractivity contribution >= 4 is 10.1 Å². The predicted octanol–water partition coefficient (Wildman–Crippen LogP) is 6.18. The number of rotatable bonds is 11. The molecule has 0 saturated carbocycles. The van der Waals surface area contributed by atoms with Crippen LogP contribution in [-0.2, 0) is 22.0 Å². The fraction of sp³-hybridized carbons (Fsp3) is 0.478. The van der Waals surface area contributed by atoms with E-state index in [2.05, 4.69) is 38.1 Å². The molecule has 0 aliphatic heterocycles. The molecule has 0 fully saturated rings. The van der Waals surface area contributed by atoms with Crippen molar-refractivity contribution < 1.29 is 13.0 Å². The van der Waals surface area contributed by atoms with Crippen molar-refractivity contribution in [3.05, 3.63) is 65.7 Å². The minimum atomic E-state index is -4.23. The molecular weight excluding hydrogens is 356 g/mol. The molecule has 0 heterocycles. The summed E-state index contributed by atoms with van der Waals surface area (Å²) in [5, 5.41) is 0. The quantitative estimate of drug-likeness (QED) is 0.369. The lowest BCUT2D eigenvalue weighted by molar-refractivity contribution is 0.339. The second kappa shape index (κ2) is 10.0. The zero-order valence-corrected chi connectivity index (χ0v) is 17.3. The Balaban J connectivity index is 2.46. The van der Waals surface area contributed by atoms with Crippen LogP contribution < -0.4 is 0 Å². The van der Waals surface area contributed by atoms with E-state index >= 15 is 0 Å². The number of benzene rings is 2. The Hall–Kier alpha value is -1.65. The van der Waals surface area contributed by atoms with Gasteiger partial charge < -0.3 is 0 Å². The summed E-state index contributed by atoms with van der Waals surface area (Å²) in [4.78, 5) is 0.0370. The molecular formula is C23H32O3S. The molecule has 0 aromatic heterocycles. The average Bonchev–Trinajstić information content (AvgIpc) is 2.65. The molecule has 0 radical (unpaired) electrons. The highest BCUT2D eigenvalue weighted by Crippen LogP contribution is 2.39. The van der Waals surface area contributed by atoms with Gasteiger partial charge in [-0.2, -0.15) is 8.42 Å². The minimum Gasteiger partial charge on any atom is -0.282 e. The fourth-order valence-electron chi connectivity index (χ4n) is 4.12. The van der Waals surface area contributed by atoms with Crippen molar-refractivity contribution in [2.24, 2.45) is 0 Å². The lowest BCUT2D eigenvalue weighted by atomic mass is 9.69. The van der Waals surface area contributed by atoms with E-state index in [1.54, 1.807) is 6.07 Å². The Morgan fingerprint density at radius 3 is 2.11 bits per heavy atom. The third-order valence-electron chi connectivity index (χ3n) is 5.40. The summed E-state index contributed by atoms with van der Waals surface area (Å²) in [7, 11) is -4.23. The van der Waals surface area contributed by atoms with Crippen LogP contribution in [0.1, 0.15) is 69.9 Å². The summed E-state index contributed by atoms with van der Waals surface area (Å²) in [5.74, 6) is 0. The normalized spacial score (nSPS) is 14.0. The molecule has 0 spiro atoms. The molecule has 2 aromatic carbocycles. The van der Waals surface area contributed by atoms with Crippen molar-refractivity contribution in [1.82, 2.24) is 0 Å². The van der Waals surface area contributed by atoms with Crippen LogP contribution in [0.3, 0.4) is 0 Å². The highest BCUT2D eigenvalue weighted by Gasteiger charge is 2.33. The maximum atomic E-state index is 11.9. The van der Waals surface area contributed by atoms with Crippen LogP contribution in [0.25, 0.3) is 0 Å². The standard InChI is InChI=1S/C23H32O3S/c1-3-5-6-12-18-23(17-4-2,21-14-8-7-9-15-21)19-20-13-10-11-16-22(20)27(24,25)26/h7-11,13-16H,3-6,12,17-19H2,1-2H3,(H,24,25,26). The molecule has 148 valence electrons. The Labute approximate surface area is 164 Å². The van der Waals surface area contributed by atoms with Gasteiger partial charge in [0.25, 0.3) is 10.1 Å². The van der Waals surface area contributed by atoms with Crippen LogP contribution in [0.4, 0.5) is 0 Å². The molecule has 0 aliphatic rings. The third-order valence-corrected chi connectivity index (χ3v) is 6.36. The van der Waals surface area contributed by atoms with Gasteiger partial charge in [-0.3, -0.25) is 4.55 Å². The van der Waals surface area contributed by atoms with Crippen molar-refractivity contribution in [3.63, 3.8) is 0 Å². The molecule has 2 rings (SSSR count). The van der Waals surface area contributed by atoms with Crippen LogP contribution in [0.5, 0.6) is 0 Å². The van der Waals surface area contributed by atoms with Crippen LogP contribution >= 0.6 is 0 Å². The first-order chi connectivity index (χ1) is 12.9. The van der Waals surface area contributed by atoms with Gasteiger partial charge in [0.05, 0.1) is 4.90 Å². The summed E-state index contributed by atoms with van der Waals surface area (Å²) in [6, 6.07) is 17.3. The van der Waals surface area contributed by atoms with E-state index in [1.807, 2.05) is 18.2 Å². The Bertz CT molecular complexity index is 799. The van der Waals surface area contributed by atoms with E-state index in [9.17, 15) is 13.0 Å². The summed E-state index contributed by atoms with van der Waals surface area (Å²) in [6.07, 6.45) is 8.37. The van der Waals surface area contributed by atoms with Crippen LogP contribution in [0.15, 0.2) is 59.5 Å². The van der Waals surface area contributed by atoms with Gasteiger partial charge in [0.15, 0.2) is 0 Å². The minimum absolute atomic E-state index is 0.0370. The molecule has 0 amide bonds. The smallest absolute Gasteiger partial charge is 0.282 e. The van der Waals surface area contributed by atoms with Gasteiger partial charge in [-0.05, 0) is 41.9 Å². The van der Waals surface area contributed by atoms with Crippen molar-refractivity contribution in [2.75, 3.05) is 0 Å². The van der Waals surface area contributed by atoms with Gasteiger partial charge in [0.2, 0.25) is 0 Å². The molecule has 0 aliphatic carbocycles. The van der Waals surface area contributed by atoms with Gasteiger partial charge in [0, 0.05) is 0 Å². The van der Waals surface area contributed by atoms with Gasteiger partial charge in [-0.1, -0.05) is 94.5 Å². The summed E-state index contributed by atoms with van der Waals surface area (Å²) in [6.45, 7) is 4.39.